The van der Waals surface area contributed by atoms with Crippen LogP contribution in [0.15, 0.2) is 59.5 Å². The van der Waals surface area contributed by atoms with Crippen molar-refractivity contribution in [2.24, 2.45) is 11.8 Å². The van der Waals surface area contributed by atoms with Crippen LogP contribution in [-0.2, 0) is 30.7 Å². The summed E-state index contributed by atoms with van der Waals surface area (Å²) in [6.45, 7) is 4.46. The molecule has 3 N–H and O–H groups in total. The first-order valence-corrected chi connectivity index (χ1v) is 14.3. The lowest BCUT2D eigenvalue weighted by Gasteiger charge is -2.31. The monoisotopic (exact) mass is 548 g/mol. The average molecular weight is 549 g/mol. The standard InChI is InChI=1S/C27H36N2O8S/c1-18(2)15-29(38(33,34)21-10-8-20(30)9-11-21)16-24(31)23(14-19-6-4-3-5-7-19)28-27(32)37-25-17-36-26-22(25)12-13-35-26/h3-11,18,22-26,30-31H,12-17H2,1-2H3,(H,28,32)/t22-,23-,24+,25-,26+/m0/s1. The van der Waals surface area contributed by atoms with E-state index in [0.717, 1.165) is 12.0 Å². The maximum absolute atomic E-state index is 13.4. The number of benzene rings is 2. The van der Waals surface area contributed by atoms with Gasteiger partial charge in [-0.25, -0.2) is 13.2 Å². The van der Waals surface area contributed by atoms with Crippen molar-refractivity contribution in [1.29, 1.82) is 0 Å². The number of carbonyl (C=O) groups is 1. The quantitative estimate of drug-likeness (QED) is 0.390. The highest BCUT2D eigenvalue weighted by molar-refractivity contribution is 7.89. The van der Waals surface area contributed by atoms with Crippen molar-refractivity contribution in [2.75, 3.05) is 26.3 Å². The number of aliphatic hydroxyl groups excluding tert-OH is 1. The molecule has 11 heteroatoms. The van der Waals surface area contributed by atoms with E-state index in [0.29, 0.717) is 6.61 Å². The van der Waals surface area contributed by atoms with E-state index in [2.05, 4.69) is 5.32 Å². The van der Waals surface area contributed by atoms with Crippen molar-refractivity contribution in [3.05, 3.63) is 60.2 Å². The maximum atomic E-state index is 13.4. The van der Waals surface area contributed by atoms with Gasteiger partial charge in [-0.1, -0.05) is 44.2 Å². The van der Waals surface area contributed by atoms with E-state index in [1.54, 1.807) is 0 Å². The molecular formula is C27H36N2O8S. The highest BCUT2D eigenvalue weighted by Gasteiger charge is 2.44. The van der Waals surface area contributed by atoms with Gasteiger partial charge in [0.25, 0.3) is 0 Å². The molecule has 2 aliphatic rings. The highest BCUT2D eigenvalue weighted by atomic mass is 32.2. The number of fused-ring (bicyclic) bond motifs is 1. The van der Waals surface area contributed by atoms with Gasteiger partial charge >= 0.3 is 6.09 Å². The molecule has 2 fully saturated rings. The second kappa shape index (κ2) is 12.4. The van der Waals surface area contributed by atoms with Crippen LogP contribution in [0.3, 0.4) is 0 Å². The zero-order chi connectivity index (χ0) is 27.3. The van der Waals surface area contributed by atoms with E-state index in [9.17, 15) is 23.4 Å². The maximum Gasteiger partial charge on any atom is 0.407 e. The summed E-state index contributed by atoms with van der Waals surface area (Å²) in [5.41, 5.74) is 0.863. The first-order valence-electron chi connectivity index (χ1n) is 12.8. The Bertz CT molecular complexity index is 1160. The van der Waals surface area contributed by atoms with Crippen molar-refractivity contribution in [3.8, 4) is 5.75 Å². The minimum Gasteiger partial charge on any atom is -0.508 e. The van der Waals surface area contributed by atoms with E-state index >= 15 is 0 Å². The van der Waals surface area contributed by atoms with Gasteiger partial charge in [-0.15, -0.1) is 0 Å². The molecule has 2 aromatic rings. The molecular weight excluding hydrogens is 512 g/mol. The number of carbonyl (C=O) groups excluding carboxylic acids is 1. The van der Waals surface area contributed by atoms with Crippen molar-refractivity contribution < 1.29 is 37.6 Å². The fourth-order valence-corrected chi connectivity index (χ4v) is 6.42. The number of aliphatic hydroxyl groups is 1. The number of hydrogen-bond acceptors (Lipinski definition) is 8. The van der Waals surface area contributed by atoms with E-state index in [4.69, 9.17) is 14.2 Å². The number of sulfonamides is 1. The first-order chi connectivity index (χ1) is 18.1. The van der Waals surface area contributed by atoms with E-state index in [1.165, 1.54) is 28.6 Å². The topological polar surface area (TPSA) is 135 Å². The number of hydrogen-bond donors (Lipinski definition) is 3. The third-order valence-corrected chi connectivity index (χ3v) is 8.59. The number of phenols is 1. The lowest BCUT2D eigenvalue weighted by atomic mass is 10.0. The zero-order valence-electron chi connectivity index (χ0n) is 21.6. The fraction of sp³-hybridized carbons (Fsp3) is 0.519. The second-order valence-electron chi connectivity index (χ2n) is 10.2. The summed E-state index contributed by atoms with van der Waals surface area (Å²) in [5.74, 6) is -0.105. The minimum atomic E-state index is -3.98. The van der Waals surface area contributed by atoms with Crippen LogP contribution in [0.4, 0.5) is 4.79 Å². The number of aromatic hydroxyl groups is 1. The van der Waals surface area contributed by atoms with Gasteiger partial charge in [0.15, 0.2) is 6.29 Å². The molecule has 38 heavy (non-hydrogen) atoms. The third kappa shape index (κ3) is 7.03. The Morgan fingerprint density at radius 1 is 1.11 bits per heavy atom. The minimum absolute atomic E-state index is 0.00435. The van der Waals surface area contributed by atoms with Crippen LogP contribution >= 0.6 is 0 Å². The first kappa shape index (κ1) is 28.3. The Balaban J connectivity index is 1.51. The number of phenolic OH excluding ortho intramolecular Hbond substituents is 1. The number of alkyl carbamates (subject to hydrolysis) is 1. The Morgan fingerprint density at radius 3 is 2.50 bits per heavy atom. The fourth-order valence-electron chi connectivity index (χ4n) is 4.80. The number of rotatable bonds is 11. The molecule has 0 aromatic heterocycles. The summed E-state index contributed by atoms with van der Waals surface area (Å²) in [6, 6.07) is 13.8. The molecule has 4 rings (SSSR count). The number of ether oxygens (including phenoxy) is 3. The lowest BCUT2D eigenvalue weighted by Crippen LogP contribution is -2.51. The van der Waals surface area contributed by atoms with Gasteiger partial charge in [0.1, 0.15) is 11.9 Å². The predicted octanol–water partition coefficient (Wildman–Crippen LogP) is 2.50. The molecule has 2 saturated heterocycles. The summed E-state index contributed by atoms with van der Waals surface area (Å²) in [7, 11) is -3.98. The summed E-state index contributed by atoms with van der Waals surface area (Å²) >= 11 is 0. The van der Waals surface area contributed by atoms with Gasteiger partial charge in [0.2, 0.25) is 10.0 Å². The van der Waals surface area contributed by atoms with Gasteiger partial charge in [-0.3, -0.25) is 0 Å². The van der Waals surface area contributed by atoms with Crippen LogP contribution in [0.1, 0.15) is 25.8 Å². The van der Waals surface area contributed by atoms with Gasteiger partial charge in [-0.2, -0.15) is 4.31 Å². The van der Waals surface area contributed by atoms with Crippen molar-refractivity contribution in [1.82, 2.24) is 9.62 Å². The van der Waals surface area contributed by atoms with Crippen LogP contribution in [-0.4, -0.2) is 79.9 Å². The number of nitrogens with zero attached hydrogens (tertiary/aromatic N) is 1. The van der Waals surface area contributed by atoms with Crippen molar-refractivity contribution >= 4 is 16.1 Å². The Morgan fingerprint density at radius 2 is 1.82 bits per heavy atom. The lowest BCUT2D eigenvalue weighted by molar-refractivity contribution is -0.0907. The molecule has 0 spiro atoms. The molecule has 1 amide bonds. The van der Waals surface area contributed by atoms with Crippen LogP contribution in [0, 0.1) is 11.8 Å². The SMILES string of the molecule is CC(C)CN(C[C@@H](O)[C@H](Cc1ccccc1)NC(=O)O[C@H]1CO[C@H]2OCC[C@H]21)S(=O)(=O)c1ccc(O)cc1. The van der Waals surface area contributed by atoms with Crippen LogP contribution in [0.2, 0.25) is 0 Å². The Labute approximate surface area is 223 Å². The third-order valence-electron chi connectivity index (χ3n) is 6.74. The van der Waals surface area contributed by atoms with Gasteiger partial charge in [0, 0.05) is 13.1 Å². The van der Waals surface area contributed by atoms with Gasteiger partial charge < -0.3 is 29.7 Å². The summed E-state index contributed by atoms with van der Waals surface area (Å²) in [5, 5.41) is 23.7. The van der Waals surface area contributed by atoms with Crippen molar-refractivity contribution in [2.45, 2.75) is 56.1 Å². The van der Waals surface area contributed by atoms with Crippen LogP contribution in [0.25, 0.3) is 0 Å². The molecule has 0 aliphatic carbocycles. The van der Waals surface area contributed by atoms with Crippen LogP contribution < -0.4 is 5.32 Å². The molecule has 0 saturated carbocycles. The summed E-state index contributed by atoms with van der Waals surface area (Å²) in [6.07, 6.45) is -1.77. The number of amides is 1. The molecule has 208 valence electrons. The smallest absolute Gasteiger partial charge is 0.407 e. The molecule has 10 nitrogen and oxygen atoms in total. The molecule has 0 bridgehead atoms. The molecule has 2 heterocycles. The van der Waals surface area contributed by atoms with E-state index in [-0.39, 0.29) is 54.9 Å². The summed E-state index contributed by atoms with van der Waals surface area (Å²) in [4.78, 5) is 12.9. The van der Waals surface area contributed by atoms with E-state index in [1.807, 2.05) is 44.2 Å². The van der Waals surface area contributed by atoms with E-state index < -0.39 is 34.4 Å². The van der Waals surface area contributed by atoms with Gasteiger partial charge in [0.05, 0.1) is 36.2 Å². The number of nitrogens with one attached hydrogen (secondary N) is 1. The Hall–Kier alpha value is -2.70. The zero-order valence-corrected chi connectivity index (χ0v) is 22.4. The molecule has 0 unspecified atom stereocenters. The molecule has 0 radical (unpaired) electrons. The average Bonchev–Trinajstić information content (AvgIpc) is 3.49. The van der Waals surface area contributed by atoms with Crippen LogP contribution in [0.5, 0.6) is 5.75 Å². The molecule has 2 aromatic carbocycles. The molecule has 5 atom stereocenters. The van der Waals surface area contributed by atoms with Gasteiger partial charge in [-0.05, 0) is 48.6 Å². The van der Waals surface area contributed by atoms with Crippen molar-refractivity contribution in [3.63, 3.8) is 0 Å². The Kier molecular flexibility index (Phi) is 9.27. The summed E-state index contributed by atoms with van der Waals surface area (Å²) < 4.78 is 44.8. The second-order valence-corrected chi connectivity index (χ2v) is 12.1. The highest BCUT2D eigenvalue weighted by Crippen LogP contribution is 2.33. The predicted molar refractivity (Wildman–Crippen MR) is 139 cm³/mol. The largest absolute Gasteiger partial charge is 0.508 e. The normalized spacial score (nSPS) is 22.8. The molecule has 2 aliphatic heterocycles.